The van der Waals surface area contributed by atoms with Gasteiger partial charge in [-0.25, -0.2) is 8.42 Å². The molecule has 1 N–H and O–H groups in total. The molecule has 1 atom stereocenters. The van der Waals surface area contributed by atoms with E-state index in [1.165, 1.54) is 33.5 Å². The largest absolute Gasteiger partial charge is 0.484 e. The zero-order chi connectivity index (χ0) is 29.1. The van der Waals surface area contributed by atoms with Crippen molar-refractivity contribution in [2.24, 2.45) is 0 Å². The maximum absolute atomic E-state index is 13.6. The second kappa shape index (κ2) is 14.6. The Bertz CT molecular complexity index is 1390. The third kappa shape index (κ3) is 8.26. The number of ether oxygens (including phenoxy) is 2. The van der Waals surface area contributed by atoms with E-state index in [1.807, 2.05) is 60.7 Å². The molecule has 0 aliphatic carbocycles. The highest BCUT2D eigenvalue weighted by Gasteiger charge is 2.31. The number of nitrogens with one attached hydrogen (secondary N) is 1. The second-order valence-corrected chi connectivity index (χ2v) is 11.5. The standard InChI is InChI=1S/C31H35N3O6S/c1-2-17-32-31(36)29(22-25-9-5-3-6-10-25)34(23-26-11-7-4-8-12-26)30(35)24-40-27-13-15-28(16-14-27)41(37,38)33-18-20-39-21-19-33/h2-16,29H,1,17-24H2,(H,32,36)/t29-/m0/s1. The maximum atomic E-state index is 13.6. The Labute approximate surface area is 241 Å². The minimum atomic E-state index is -3.65. The van der Waals surface area contributed by atoms with Crippen LogP contribution in [0.5, 0.6) is 5.75 Å². The zero-order valence-corrected chi connectivity index (χ0v) is 23.7. The summed E-state index contributed by atoms with van der Waals surface area (Å²) in [5.74, 6) is -0.334. The molecule has 9 nitrogen and oxygen atoms in total. The van der Waals surface area contributed by atoms with Gasteiger partial charge < -0.3 is 19.7 Å². The molecule has 0 radical (unpaired) electrons. The summed E-state index contributed by atoms with van der Waals surface area (Å²) in [6.07, 6.45) is 1.91. The SMILES string of the molecule is C=CCNC(=O)[C@H](Cc1ccccc1)N(Cc1ccccc1)C(=O)COc1ccc(S(=O)(=O)N2CCOCC2)cc1. The molecule has 1 aliphatic rings. The number of morpholine rings is 1. The minimum Gasteiger partial charge on any atom is -0.484 e. The Balaban J connectivity index is 1.52. The average molecular weight is 578 g/mol. The van der Waals surface area contributed by atoms with Gasteiger partial charge in [0.15, 0.2) is 6.61 Å². The molecule has 1 saturated heterocycles. The van der Waals surface area contributed by atoms with Gasteiger partial charge >= 0.3 is 0 Å². The number of carbonyl (C=O) groups excluding carboxylic acids is 2. The summed E-state index contributed by atoms with van der Waals surface area (Å²) >= 11 is 0. The van der Waals surface area contributed by atoms with Crippen molar-refractivity contribution in [1.82, 2.24) is 14.5 Å². The molecular formula is C31H35N3O6S. The molecule has 4 rings (SSSR count). The van der Waals surface area contributed by atoms with Crippen LogP contribution in [0.1, 0.15) is 11.1 Å². The molecule has 3 aromatic carbocycles. The number of benzene rings is 3. The lowest BCUT2D eigenvalue weighted by Crippen LogP contribution is -2.51. The highest BCUT2D eigenvalue weighted by atomic mass is 32.2. The smallest absolute Gasteiger partial charge is 0.261 e. The summed E-state index contributed by atoms with van der Waals surface area (Å²) in [5.41, 5.74) is 1.78. The fourth-order valence-corrected chi connectivity index (χ4v) is 5.90. The van der Waals surface area contributed by atoms with Crippen LogP contribution < -0.4 is 10.1 Å². The van der Waals surface area contributed by atoms with Gasteiger partial charge in [-0.15, -0.1) is 6.58 Å². The van der Waals surface area contributed by atoms with Crippen LogP contribution in [0.2, 0.25) is 0 Å². The van der Waals surface area contributed by atoms with Crippen molar-refractivity contribution >= 4 is 21.8 Å². The van der Waals surface area contributed by atoms with Crippen molar-refractivity contribution in [1.29, 1.82) is 0 Å². The van der Waals surface area contributed by atoms with Gasteiger partial charge in [0.25, 0.3) is 5.91 Å². The van der Waals surface area contributed by atoms with Gasteiger partial charge in [-0.2, -0.15) is 4.31 Å². The van der Waals surface area contributed by atoms with Crippen LogP contribution in [-0.2, 0) is 37.3 Å². The molecule has 0 aromatic heterocycles. The fraction of sp³-hybridized carbons (Fsp3) is 0.290. The summed E-state index contributed by atoms with van der Waals surface area (Å²) in [5, 5.41) is 2.83. The van der Waals surface area contributed by atoms with Crippen molar-refractivity contribution in [3.05, 3.63) is 109 Å². The normalized spacial score (nSPS) is 14.5. The Morgan fingerprint density at radius 2 is 1.56 bits per heavy atom. The molecule has 1 aliphatic heterocycles. The molecule has 0 bridgehead atoms. The van der Waals surface area contributed by atoms with E-state index < -0.39 is 16.1 Å². The molecule has 2 amide bonds. The van der Waals surface area contributed by atoms with Gasteiger partial charge in [0.1, 0.15) is 11.8 Å². The molecule has 0 spiro atoms. The van der Waals surface area contributed by atoms with E-state index in [0.717, 1.165) is 11.1 Å². The van der Waals surface area contributed by atoms with Gasteiger partial charge in [-0.3, -0.25) is 9.59 Å². The highest BCUT2D eigenvalue weighted by molar-refractivity contribution is 7.89. The van der Waals surface area contributed by atoms with E-state index in [-0.39, 0.29) is 36.4 Å². The van der Waals surface area contributed by atoms with Gasteiger partial charge in [0.2, 0.25) is 15.9 Å². The third-order valence-electron chi connectivity index (χ3n) is 6.68. The molecule has 0 unspecified atom stereocenters. The topological polar surface area (TPSA) is 105 Å². The van der Waals surface area contributed by atoms with E-state index in [0.29, 0.717) is 38.5 Å². The summed E-state index contributed by atoms with van der Waals surface area (Å²) in [6.45, 7) is 5.15. The Kier molecular flexibility index (Phi) is 10.7. The zero-order valence-electron chi connectivity index (χ0n) is 22.9. The summed E-state index contributed by atoms with van der Waals surface area (Å²) < 4.78 is 38.3. The van der Waals surface area contributed by atoms with Crippen LogP contribution in [0.15, 0.2) is 102 Å². The van der Waals surface area contributed by atoms with E-state index >= 15 is 0 Å². The number of amides is 2. The van der Waals surface area contributed by atoms with E-state index in [9.17, 15) is 18.0 Å². The second-order valence-electron chi connectivity index (χ2n) is 9.52. The van der Waals surface area contributed by atoms with E-state index in [2.05, 4.69) is 11.9 Å². The van der Waals surface area contributed by atoms with Crippen molar-refractivity contribution in [2.75, 3.05) is 39.5 Å². The molecule has 0 saturated carbocycles. The van der Waals surface area contributed by atoms with Crippen LogP contribution in [0.4, 0.5) is 0 Å². The lowest BCUT2D eigenvalue weighted by molar-refractivity contribution is -0.142. The van der Waals surface area contributed by atoms with Gasteiger partial charge in [0.05, 0.1) is 18.1 Å². The molecule has 216 valence electrons. The first-order valence-electron chi connectivity index (χ1n) is 13.4. The number of carbonyl (C=O) groups is 2. The summed E-state index contributed by atoms with van der Waals surface area (Å²) in [4.78, 5) is 28.6. The number of hydrogen-bond donors (Lipinski definition) is 1. The van der Waals surface area contributed by atoms with Gasteiger partial charge in [-0.05, 0) is 35.4 Å². The minimum absolute atomic E-state index is 0.144. The lowest BCUT2D eigenvalue weighted by Gasteiger charge is -2.31. The number of sulfonamides is 1. The quantitative estimate of drug-likeness (QED) is 0.313. The number of rotatable bonds is 13. The van der Waals surface area contributed by atoms with E-state index in [1.54, 1.807) is 6.08 Å². The Morgan fingerprint density at radius 3 is 2.17 bits per heavy atom. The molecule has 1 fully saturated rings. The monoisotopic (exact) mass is 577 g/mol. The van der Waals surface area contributed by atoms with Crippen LogP contribution in [0.25, 0.3) is 0 Å². The Morgan fingerprint density at radius 1 is 0.951 bits per heavy atom. The van der Waals surface area contributed by atoms with Crippen LogP contribution in [-0.4, -0.2) is 74.9 Å². The van der Waals surface area contributed by atoms with Crippen molar-refractivity contribution in [3.8, 4) is 5.75 Å². The first-order chi connectivity index (χ1) is 19.9. The van der Waals surface area contributed by atoms with Crippen LogP contribution >= 0.6 is 0 Å². The Hall–Kier alpha value is -3.99. The van der Waals surface area contributed by atoms with Crippen LogP contribution in [0, 0.1) is 0 Å². The molecule has 41 heavy (non-hydrogen) atoms. The molecular weight excluding hydrogens is 542 g/mol. The fourth-order valence-electron chi connectivity index (χ4n) is 4.50. The van der Waals surface area contributed by atoms with Crippen molar-refractivity contribution < 1.29 is 27.5 Å². The predicted octanol–water partition coefficient (Wildman–Crippen LogP) is 3.03. The van der Waals surface area contributed by atoms with Crippen LogP contribution in [0.3, 0.4) is 0 Å². The average Bonchev–Trinajstić information content (AvgIpc) is 3.02. The summed E-state index contributed by atoms with van der Waals surface area (Å²) in [7, 11) is -3.65. The predicted molar refractivity (Wildman–Crippen MR) is 156 cm³/mol. The summed E-state index contributed by atoms with van der Waals surface area (Å²) in [6, 6.07) is 24.2. The molecule has 3 aromatic rings. The molecule has 1 heterocycles. The first-order valence-corrected chi connectivity index (χ1v) is 14.9. The number of hydrogen-bond acceptors (Lipinski definition) is 6. The highest BCUT2D eigenvalue weighted by Crippen LogP contribution is 2.21. The third-order valence-corrected chi connectivity index (χ3v) is 8.59. The van der Waals surface area contributed by atoms with Crippen molar-refractivity contribution in [2.45, 2.75) is 23.9 Å². The number of nitrogens with zero attached hydrogens (tertiary/aromatic N) is 2. The van der Waals surface area contributed by atoms with E-state index in [4.69, 9.17) is 9.47 Å². The molecule has 10 heteroatoms. The van der Waals surface area contributed by atoms with Crippen molar-refractivity contribution in [3.63, 3.8) is 0 Å². The lowest BCUT2D eigenvalue weighted by atomic mass is 10.0. The first kappa shape index (κ1) is 30.0. The van der Waals surface area contributed by atoms with Gasteiger partial charge in [-0.1, -0.05) is 66.7 Å². The maximum Gasteiger partial charge on any atom is 0.261 e. The van der Waals surface area contributed by atoms with Gasteiger partial charge in [0, 0.05) is 32.6 Å².